The number of amides is 2. The van der Waals surface area contributed by atoms with E-state index in [0.717, 1.165) is 30.8 Å². The summed E-state index contributed by atoms with van der Waals surface area (Å²) in [5, 5.41) is 2.93. The summed E-state index contributed by atoms with van der Waals surface area (Å²) in [5.41, 5.74) is 2.20. The van der Waals surface area contributed by atoms with E-state index in [1.54, 1.807) is 31.4 Å². The number of carbonyl (C=O) groups excluding carboxylic acids is 2. The summed E-state index contributed by atoms with van der Waals surface area (Å²) in [6.45, 7) is 3.71. The van der Waals surface area contributed by atoms with Crippen LogP contribution in [0.1, 0.15) is 26.3 Å². The SMILES string of the molecule is COc1ccc(CCNC(=O)c2cccc(C(=O)N3CCN(C)CC3)c2)cc1. The zero-order chi connectivity index (χ0) is 19.9. The van der Waals surface area contributed by atoms with Crippen molar-refractivity contribution in [1.29, 1.82) is 0 Å². The molecule has 6 heteroatoms. The van der Waals surface area contributed by atoms with Gasteiger partial charge in [0, 0.05) is 43.9 Å². The summed E-state index contributed by atoms with van der Waals surface area (Å²) in [6.07, 6.45) is 0.732. The van der Waals surface area contributed by atoms with Gasteiger partial charge in [0.2, 0.25) is 0 Å². The van der Waals surface area contributed by atoms with Crippen LogP contribution in [-0.4, -0.2) is 68.5 Å². The fourth-order valence-corrected chi connectivity index (χ4v) is 3.20. The van der Waals surface area contributed by atoms with E-state index in [9.17, 15) is 9.59 Å². The van der Waals surface area contributed by atoms with Gasteiger partial charge in [0.05, 0.1) is 7.11 Å². The van der Waals surface area contributed by atoms with Crippen LogP contribution >= 0.6 is 0 Å². The molecule has 2 aromatic rings. The number of carbonyl (C=O) groups is 2. The van der Waals surface area contributed by atoms with Gasteiger partial charge in [-0.3, -0.25) is 9.59 Å². The molecular formula is C22H27N3O3. The van der Waals surface area contributed by atoms with Crippen molar-refractivity contribution in [2.75, 3.05) is 46.9 Å². The molecular weight excluding hydrogens is 354 g/mol. The van der Waals surface area contributed by atoms with Crippen LogP contribution in [0, 0.1) is 0 Å². The Bertz CT molecular complexity index is 812. The van der Waals surface area contributed by atoms with Crippen molar-refractivity contribution >= 4 is 11.8 Å². The first-order valence-electron chi connectivity index (χ1n) is 9.56. The largest absolute Gasteiger partial charge is 0.497 e. The van der Waals surface area contributed by atoms with Crippen LogP contribution in [0.15, 0.2) is 48.5 Å². The van der Waals surface area contributed by atoms with E-state index in [1.165, 1.54) is 0 Å². The second-order valence-corrected chi connectivity index (χ2v) is 7.03. The second-order valence-electron chi connectivity index (χ2n) is 7.03. The number of ether oxygens (including phenoxy) is 1. The number of rotatable bonds is 6. The Hall–Kier alpha value is -2.86. The molecule has 3 rings (SSSR count). The van der Waals surface area contributed by atoms with E-state index in [2.05, 4.69) is 17.3 Å². The normalized spacial score (nSPS) is 14.6. The summed E-state index contributed by atoms with van der Waals surface area (Å²) in [4.78, 5) is 29.2. The molecule has 6 nitrogen and oxygen atoms in total. The number of hydrogen-bond acceptors (Lipinski definition) is 4. The van der Waals surface area contributed by atoms with E-state index in [1.807, 2.05) is 29.2 Å². The predicted octanol–water partition coefficient (Wildman–Crippen LogP) is 2.06. The van der Waals surface area contributed by atoms with Crippen LogP contribution in [0.4, 0.5) is 0 Å². The first kappa shape index (κ1) is 19.9. The molecule has 0 atom stereocenters. The molecule has 0 radical (unpaired) electrons. The Labute approximate surface area is 166 Å². The molecule has 0 saturated carbocycles. The molecule has 1 fully saturated rings. The average molecular weight is 381 g/mol. The van der Waals surface area contributed by atoms with E-state index < -0.39 is 0 Å². The van der Waals surface area contributed by atoms with Gasteiger partial charge in [-0.2, -0.15) is 0 Å². The van der Waals surface area contributed by atoms with Crippen molar-refractivity contribution in [1.82, 2.24) is 15.1 Å². The minimum atomic E-state index is -0.165. The predicted molar refractivity (Wildman–Crippen MR) is 109 cm³/mol. The molecule has 0 spiro atoms. The van der Waals surface area contributed by atoms with Crippen LogP contribution in [0.3, 0.4) is 0 Å². The van der Waals surface area contributed by atoms with E-state index >= 15 is 0 Å². The lowest BCUT2D eigenvalue weighted by molar-refractivity contribution is 0.0664. The summed E-state index contributed by atoms with van der Waals surface area (Å²) < 4.78 is 5.15. The van der Waals surface area contributed by atoms with E-state index in [0.29, 0.717) is 30.8 Å². The molecule has 0 bridgehead atoms. The van der Waals surface area contributed by atoms with Crippen LogP contribution in [-0.2, 0) is 6.42 Å². The topological polar surface area (TPSA) is 61.9 Å². The average Bonchev–Trinajstić information content (AvgIpc) is 2.74. The molecule has 1 aliphatic rings. The number of hydrogen-bond donors (Lipinski definition) is 1. The highest BCUT2D eigenvalue weighted by Gasteiger charge is 2.21. The Morgan fingerprint density at radius 2 is 1.68 bits per heavy atom. The molecule has 2 aromatic carbocycles. The fourth-order valence-electron chi connectivity index (χ4n) is 3.20. The molecule has 148 valence electrons. The van der Waals surface area contributed by atoms with Crippen LogP contribution in [0.25, 0.3) is 0 Å². The van der Waals surface area contributed by atoms with E-state index in [4.69, 9.17) is 4.74 Å². The molecule has 1 N–H and O–H groups in total. The Morgan fingerprint density at radius 3 is 2.36 bits per heavy atom. The third-order valence-electron chi connectivity index (χ3n) is 5.02. The monoisotopic (exact) mass is 381 g/mol. The van der Waals surface area contributed by atoms with Crippen molar-refractivity contribution < 1.29 is 14.3 Å². The fraction of sp³-hybridized carbons (Fsp3) is 0.364. The maximum Gasteiger partial charge on any atom is 0.253 e. The van der Waals surface area contributed by atoms with Gasteiger partial charge in [0.15, 0.2) is 0 Å². The van der Waals surface area contributed by atoms with Crippen molar-refractivity contribution in [3.63, 3.8) is 0 Å². The van der Waals surface area contributed by atoms with Gasteiger partial charge in [-0.15, -0.1) is 0 Å². The van der Waals surface area contributed by atoms with E-state index in [-0.39, 0.29) is 11.8 Å². The Morgan fingerprint density at radius 1 is 1.00 bits per heavy atom. The van der Waals surface area contributed by atoms with Gasteiger partial charge >= 0.3 is 0 Å². The standard InChI is InChI=1S/C22H27N3O3/c1-24-12-14-25(15-13-24)22(27)19-5-3-4-18(16-19)21(26)23-11-10-17-6-8-20(28-2)9-7-17/h3-9,16H,10-15H2,1-2H3,(H,23,26). The summed E-state index contributed by atoms with van der Waals surface area (Å²) in [6, 6.07) is 14.7. The molecule has 1 saturated heterocycles. The molecule has 1 aliphatic heterocycles. The molecule has 0 aliphatic carbocycles. The molecule has 28 heavy (non-hydrogen) atoms. The minimum absolute atomic E-state index is 0.0130. The molecule has 1 heterocycles. The smallest absolute Gasteiger partial charge is 0.253 e. The maximum absolute atomic E-state index is 12.7. The molecule has 0 unspecified atom stereocenters. The number of likely N-dealkylation sites (N-methyl/N-ethyl adjacent to an activating group) is 1. The first-order valence-corrected chi connectivity index (χ1v) is 9.56. The summed E-state index contributed by atoms with van der Waals surface area (Å²) in [5.74, 6) is 0.636. The Kier molecular flexibility index (Phi) is 6.66. The second kappa shape index (κ2) is 9.37. The van der Waals surface area contributed by atoms with Crippen molar-refractivity contribution in [2.45, 2.75) is 6.42 Å². The minimum Gasteiger partial charge on any atom is -0.497 e. The maximum atomic E-state index is 12.7. The Balaban J connectivity index is 1.55. The number of methoxy groups -OCH3 is 1. The number of piperazine rings is 1. The van der Waals surface area contributed by atoms with Crippen molar-refractivity contribution in [3.05, 3.63) is 65.2 Å². The van der Waals surface area contributed by atoms with Gasteiger partial charge in [-0.25, -0.2) is 0 Å². The third kappa shape index (κ3) is 5.10. The lowest BCUT2D eigenvalue weighted by Gasteiger charge is -2.32. The summed E-state index contributed by atoms with van der Waals surface area (Å²) in [7, 11) is 3.69. The van der Waals surface area contributed by atoms with Gasteiger partial charge < -0.3 is 19.9 Å². The van der Waals surface area contributed by atoms with Crippen molar-refractivity contribution in [2.24, 2.45) is 0 Å². The molecule has 2 amide bonds. The van der Waals surface area contributed by atoms with Gasteiger partial charge in [-0.1, -0.05) is 18.2 Å². The highest BCUT2D eigenvalue weighted by atomic mass is 16.5. The third-order valence-corrected chi connectivity index (χ3v) is 5.02. The quantitative estimate of drug-likeness (QED) is 0.832. The molecule has 0 aromatic heterocycles. The van der Waals surface area contributed by atoms with Gasteiger partial charge in [0.1, 0.15) is 5.75 Å². The van der Waals surface area contributed by atoms with Gasteiger partial charge in [0.25, 0.3) is 11.8 Å². The number of nitrogens with zero attached hydrogens (tertiary/aromatic N) is 2. The number of nitrogens with one attached hydrogen (secondary N) is 1. The lowest BCUT2D eigenvalue weighted by atomic mass is 10.1. The zero-order valence-corrected chi connectivity index (χ0v) is 16.5. The van der Waals surface area contributed by atoms with Gasteiger partial charge in [-0.05, 0) is 49.4 Å². The summed E-state index contributed by atoms with van der Waals surface area (Å²) >= 11 is 0. The lowest BCUT2D eigenvalue weighted by Crippen LogP contribution is -2.47. The zero-order valence-electron chi connectivity index (χ0n) is 16.5. The highest BCUT2D eigenvalue weighted by Crippen LogP contribution is 2.12. The van der Waals surface area contributed by atoms with Crippen LogP contribution < -0.4 is 10.1 Å². The first-order chi connectivity index (χ1) is 13.6. The highest BCUT2D eigenvalue weighted by molar-refractivity contribution is 5.99. The van der Waals surface area contributed by atoms with Crippen LogP contribution in [0.5, 0.6) is 5.75 Å². The van der Waals surface area contributed by atoms with Crippen LogP contribution in [0.2, 0.25) is 0 Å². The number of benzene rings is 2. The van der Waals surface area contributed by atoms with Crippen molar-refractivity contribution in [3.8, 4) is 5.75 Å².